The molecule has 0 saturated carbocycles. The Balaban J connectivity index is 2.58. The van der Waals surface area contributed by atoms with Crippen LogP contribution in [0.2, 0.25) is 0 Å². The highest BCUT2D eigenvalue weighted by Crippen LogP contribution is 2.20. The maximum Gasteiger partial charge on any atom is 0.178 e. The van der Waals surface area contributed by atoms with Crippen LogP contribution in [-0.4, -0.2) is 18.5 Å². The Labute approximate surface area is 85.1 Å². The average molecular weight is 195 g/mol. The molecule has 1 fully saturated rings. The van der Waals surface area contributed by atoms with Crippen LogP contribution in [0.15, 0.2) is 0 Å². The van der Waals surface area contributed by atoms with Gasteiger partial charge in [-0.15, -0.1) is 0 Å². The van der Waals surface area contributed by atoms with E-state index in [1.54, 1.807) is 0 Å². The van der Waals surface area contributed by atoms with Gasteiger partial charge in [-0.3, -0.25) is 4.79 Å². The Bertz CT molecular complexity index is 236. The van der Waals surface area contributed by atoms with E-state index in [2.05, 4.69) is 6.07 Å². The van der Waals surface area contributed by atoms with E-state index in [0.29, 0.717) is 6.61 Å². The molecule has 1 aliphatic heterocycles. The summed E-state index contributed by atoms with van der Waals surface area (Å²) in [5, 5.41) is 8.87. The van der Waals surface area contributed by atoms with Gasteiger partial charge in [0.2, 0.25) is 0 Å². The first-order valence-electron chi connectivity index (χ1n) is 5.21. The fraction of sp³-hybridized carbons (Fsp3) is 0.818. The van der Waals surface area contributed by atoms with E-state index in [1.807, 2.05) is 13.8 Å². The van der Waals surface area contributed by atoms with Crippen LogP contribution in [0.25, 0.3) is 0 Å². The summed E-state index contributed by atoms with van der Waals surface area (Å²) >= 11 is 0. The monoisotopic (exact) mass is 195 g/mol. The second-order valence-corrected chi connectivity index (χ2v) is 4.11. The van der Waals surface area contributed by atoms with E-state index in [0.717, 1.165) is 19.3 Å². The molecule has 0 aliphatic carbocycles. The Morgan fingerprint density at radius 1 is 1.50 bits per heavy atom. The van der Waals surface area contributed by atoms with Crippen molar-refractivity contribution in [2.24, 2.45) is 11.8 Å². The van der Waals surface area contributed by atoms with Crippen LogP contribution in [0.1, 0.15) is 33.1 Å². The van der Waals surface area contributed by atoms with Crippen LogP contribution in [-0.2, 0) is 9.53 Å². The maximum atomic E-state index is 11.8. The van der Waals surface area contributed by atoms with Crippen LogP contribution >= 0.6 is 0 Å². The van der Waals surface area contributed by atoms with Crippen LogP contribution in [0, 0.1) is 23.2 Å². The van der Waals surface area contributed by atoms with Gasteiger partial charge >= 0.3 is 0 Å². The lowest BCUT2D eigenvalue weighted by atomic mass is 9.88. The zero-order valence-electron chi connectivity index (χ0n) is 8.82. The number of ether oxygens (including phenoxy) is 1. The van der Waals surface area contributed by atoms with Gasteiger partial charge < -0.3 is 4.74 Å². The molecular formula is C11H17NO2. The second-order valence-electron chi connectivity index (χ2n) is 4.11. The largest absolute Gasteiger partial charge is 0.370 e. The van der Waals surface area contributed by atoms with Crippen LogP contribution < -0.4 is 0 Å². The molecule has 14 heavy (non-hydrogen) atoms. The quantitative estimate of drug-likeness (QED) is 0.691. The molecule has 0 radical (unpaired) electrons. The summed E-state index contributed by atoms with van der Waals surface area (Å²) < 4.78 is 5.37. The number of Topliss-reactive ketones (excluding diaryl/α,β-unsaturated/α-hetero) is 1. The lowest BCUT2D eigenvalue weighted by Gasteiger charge is -2.24. The third-order valence-corrected chi connectivity index (χ3v) is 2.61. The zero-order valence-corrected chi connectivity index (χ0v) is 8.82. The van der Waals surface area contributed by atoms with Crippen molar-refractivity contribution in [1.29, 1.82) is 5.26 Å². The highest BCUT2D eigenvalue weighted by molar-refractivity contribution is 5.87. The molecule has 2 unspecified atom stereocenters. The first-order valence-corrected chi connectivity index (χ1v) is 5.21. The third kappa shape index (κ3) is 2.55. The predicted molar refractivity (Wildman–Crippen MR) is 52.5 cm³/mol. The fourth-order valence-corrected chi connectivity index (χ4v) is 1.71. The highest BCUT2D eigenvalue weighted by atomic mass is 16.5. The van der Waals surface area contributed by atoms with Crippen molar-refractivity contribution >= 4 is 5.78 Å². The fourth-order valence-electron chi connectivity index (χ4n) is 1.71. The molecule has 0 spiro atoms. The lowest BCUT2D eigenvalue weighted by molar-refractivity contribution is -0.136. The first-order chi connectivity index (χ1) is 6.66. The van der Waals surface area contributed by atoms with E-state index in [4.69, 9.17) is 10.00 Å². The molecule has 1 rings (SSSR count). The number of ketones is 1. The minimum Gasteiger partial charge on any atom is -0.370 e. The second kappa shape index (κ2) is 5.11. The van der Waals surface area contributed by atoms with E-state index < -0.39 is 5.92 Å². The number of nitrogens with zero attached hydrogens (tertiary/aromatic N) is 1. The molecule has 0 aromatic heterocycles. The van der Waals surface area contributed by atoms with E-state index in [-0.39, 0.29) is 17.8 Å². The Morgan fingerprint density at radius 2 is 2.21 bits per heavy atom. The molecule has 2 atom stereocenters. The van der Waals surface area contributed by atoms with Gasteiger partial charge in [0.25, 0.3) is 0 Å². The van der Waals surface area contributed by atoms with Gasteiger partial charge in [-0.1, -0.05) is 13.8 Å². The molecular weight excluding hydrogens is 178 g/mol. The number of hydrogen-bond donors (Lipinski definition) is 0. The van der Waals surface area contributed by atoms with Gasteiger partial charge in [0.1, 0.15) is 12.0 Å². The third-order valence-electron chi connectivity index (χ3n) is 2.61. The van der Waals surface area contributed by atoms with Crippen molar-refractivity contribution in [3.63, 3.8) is 0 Å². The van der Waals surface area contributed by atoms with Crippen molar-refractivity contribution in [1.82, 2.24) is 0 Å². The Kier molecular flexibility index (Phi) is 4.09. The molecule has 1 saturated heterocycles. The summed E-state index contributed by atoms with van der Waals surface area (Å²) in [5.74, 6) is -0.446. The number of hydrogen-bond acceptors (Lipinski definition) is 3. The Hall–Kier alpha value is -0.880. The van der Waals surface area contributed by atoms with Crippen molar-refractivity contribution in [2.45, 2.75) is 39.2 Å². The number of nitriles is 1. The molecule has 0 aromatic carbocycles. The number of carbonyl (C=O) groups is 1. The van der Waals surface area contributed by atoms with Gasteiger partial charge in [-0.2, -0.15) is 5.26 Å². The summed E-state index contributed by atoms with van der Waals surface area (Å²) in [6, 6.07) is 2.07. The van der Waals surface area contributed by atoms with Gasteiger partial charge in [-0.25, -0.2) is 0 Å². The van der Waals surface area contributed by atoms with Crippen molar-refractivity contribution < 1.29 is 9.53 Å². The van der Waals surface area contributed by atoms with E-state index >= 15 is 0 Å². The number of carbonyl (C=O) groups excluding carboxylic acids is 1. The van der Waals surface area contributed by atoms with Gasteiger partial charge in [0.05, 0.1) is 6.07 Å². The Morgan fingerprint density at radius 3 is 2.64 bits per heavy atom. The topological polar surface area (TPSA) is 50.1 Å². The molecule has 0 bridgehead atoms. The van der Waals surface area contributed by atoms with Crippen molar-refractivity contribution in [2.75, 3.05) is 6.61 Å². The molecule has 78 valence electrons. The molecule has 3 heteroatoms. The molecule has 1 heterocycles. The molecule has 0 N–H and O–H groups in total. The minimum absolute atomic E-state index is 0.0257. The maximum absolute atomic E-state index is 11.8. The zero-order chi connectivity index (χ0) is 10.6. The number of rotatable bonds is 3. The van der Waals surface area contributed by atoms with Gasteiger partial charge in [0.15, 0.2) is 5.78 Å². The SMILES string of the molecule is CC(C)C(C#N)C(=O)C1CCCCO1. The van der Waals surface area contributed by atoms with Crippen LogP contribution in [0.5, 0.6) is 0 Å². The average Bonchev–Trinajstić information content (AvgIpc) is 2.19. The summed E-state index contributed by atoms with van der Waals surface area (Å²) in [5.41, 5.74) is 0. The van der Waals surface area contributed by atoms with Crippen LogP contribution in [0.4, 0.5) is 0 Å². The molecule has 0 aromatic rings. The van der Waals surface area contributed by atoms with Crippen molar-refractivity contribution in [3.05, 3.63) is 0 Å². The van der Waals surface area contributed by atoms with E-state index in [9.17, 15) is 4.79 Å². The summed E-state index contributed by atoms with van der Waals surface area (Å²) in [6.45, 7) is 4.45. The minimum atomic E-state index is -0.502. The normalized spacial score (nSPS) is 24.3. The molecule has 0 amide bonds. The molecule has 3 nitrogen and oxygen atoms in total. The van der Waals surface area contributed by atoms with E-state index in [1.165, 1.54) is 0 Å². The predicted octanol–water partition coefficient (Wildman–Crippen LogP) is 1.92. The van der Waals surface area contributed by atoms with Gasteiger partial charge in [0, 0.05) is 6.61 Å². The lowest BCUT2D eigenvalue weighted by Crippen LogP contribution is -2.34. The summed E-state index contributed by atoms with van der Waals surface area (Å²) in [7, 11) is 0. The highest BCUT2D eigenvalue weighted by Gasteiger charge is 2.30. The van der Waals surface area contributed by atoms with Crippen LogP contribution in [0.3, 0.4) is 0 Å². The van der Waals surface area contributed by atoms with Gasteiger partial charge in [-0.05, 0) is 25.2 Å². The standard InChI is InChI=1S/C11H17NO2/c1-8(2)9(7-12)11(13)10-5-3-4-6-14-10/h8-10H,3-6H2,1-2H3. The summed E-state index contributed by atoms with van der Waals surface area (Å²) in [6.07, 6.45) is 2.52. The van der Waals surface area contributed by atoms with Crippen molar-refractivity contribution in [3.8, 4) is 6.07 Å². The first kappa shape index (κ1) is 11.2. The molecule has 1 aliphatic rings. The smallest absolute Gasteiger partial charge is 0.178 e. The summed E-state index contributed by atoms with van der Waals surface area (Å²) in [4.78, 5) is 11.8.